The highest BCUT2D eigenvalue weighted by atomic mass is 32.2. The third kappa shape index (κ3) is 4.89. The van der Waals surface area contributed by atoms with Gasteiger partial charge in [-0.25, -0.2) is 0 Å². The molecule has 1 aliphatic heterocycles. The second-order valence-corrected chi connectivity index (χ2v) is 4.95. The highest BCUT2D eigenvalue weighted by molar-refractivity contribution is 7.99. The van der Waals surface area contributed by atoms with Gasteiger partial charge >= 0.3 is 0 Å². The molecule has 0 radical (unpaired) electrons. The maximum absolute atomic E-state index is 5.30. The Morgan fingerprint density at radius 1 is 1.46 bits per heavy atom. The van der Waals surface area contributed by atoms with Gasteiger partial charge in [-0.2, -0.15) is 11.8 Å². The van der Waals surface area contributed by atoms with Gasteiger partial charge < -0.3 is 10.1 Å². The van der Waals surface area contributed by atoms with Crippen LogP contribution >= 0.6 is 11.8 Å². The molecule has 1 aliphatic rings. The zero-order chi connectivity index (χ0) is 9.52. The molecule has 13 heavy (non-hydrogen) atoms. The number of ether oxygens (including phenoxy) is 1. The average Bonchev–Trinajstić information content (AvgIpc) is 2.19. The molecule has 3 heteroatoms. The predicted molar refractivity (Wildman–Crippen MR) is 59.4 cm³/mol. The molecule has 1 saturated heterocycles. The highest BCUT2D eigenvalue weighted by Gasteiger charge is 2.12. The summed E-state index contributed by atoms with van der Waals surface area (Å²) in [6.07, 6.45) is 5.83. The van der Waals surface area contributed by atoms with E-state index < -0.39 is 0 Å². The fourth-order valence-corrected chi connectivity index (χ4v) is 1.86. The van der Waals surface area contributed by atoms with E-state index in [-0.39, 0.29) is 0 Å². The van der Waals surface area contributed by atoms with E-state index in [9.17, 15) is 0 Å². The highest BCUT2D eigenvalue weighted by Crippen LogP contribution is 2.10. The van der Waals surface area contributed by atoms with Crippen molar-refractivity contribution in [2.75, 3.05) is 26.0 Å². The number of nitrogens with one attached hydrogen (secondary N) is 1. The summed E-state index contributed by atoms with van der Waals surface area (Å²) in [5.74, 6) is 0. The second-order valence-electron chi connectivity index (χ2n) is 3.68. The summed E-state index contributed by atoms with van der Waals surface area (Å²) in [6.45, 7) is 5.33. The van der Waals surface area contributed by atoms with Gasteiger partial charge in [-0.1, -0.05) is 6.92 Å². The van der Waals surface area contributed by atoms with Gasteiger partial charge in [0.2, 0.25) is 0 Å². The van der Waals surface area contributed by atoms with Crippen molar-refractivity contribution in [3.63, 3.8) is 0 Å². The van der Waals surface area contributed by atoms with Crippen LogP contribution in [0.2, 0.25) is 0 Å². The van der Waals surface area contributed by atoms with Crippen LogP contribution in [0.4, 0.5) is 0 Å². The van der Waals surface area contributed by atoms with Gasteiger partial charge in [0.05, 0.1) is 0 Å². The summed E-state index contributed by atoms with van der Waals surface area (Å²) in [6, 6.07) is 0.711. The monoisotopic (exact) mass is 203 g/mol. The van der Waals surface area contributed by atoms with Gasteiger partial charge in [0, 0.05) is 24.5 Å². The molecule has 1 rings (SSSR count). The van der Waals surface area contributed by atoms with Crippen molar-refractivity contribution >= 4 is 11.8 Å². The van der Waals surface area contributed by atoms with E-state index in [4.69, 9.17) is 4.74 Å². The second kappa shape index (κ2) is 6.68. The molecule has 0 aliphatic carbocycles. The minimum atomic E-state index is 0.711. The first kappa shape index (κ1) is 11.3. The molecule has 0 aromatic carbocycles. The average molecular weight is 203 g/mol. The fraction of sp³-hybridized carbons (Fsp3) is 1.00. The third-order valence-corrected chi connectivity index (χ3v) is 3.65. The molecular weight excluding hydrogens is 182 g/mol. The smallest absolute Gasteiger partial charge is 0.0480 e. The van der Waals surface area contributed by atoms with Crippen LogP contribution in [0.25, 0.3) is 0 Å². The molecular formula is C10H21NOS. The van der Waals surface area contributed by atoms with Gasteiger partial charge in [0.1, 0.15) is 0 Å². The summed E-state index contributed by atoms with van der Waals surface area (Å²) in [4.78, 5) is 0. The first-order valence-electron chi connectivity index (χ1n) is 5.17. The Balaban J connectivity index is 1.98. The van der Waals surface area contributed by atoms with Crippen molar-refractivity contribution in [2.24, 2.45) is 0 Å². The van der Waals surface area contributed by atoms with Gasteiger partial charge in [-0.3, -0.25) is 0 Å². The van der Waals surface area contributed by atoms with Gasteiger partial charge in [-0.15, -0.1) is 0 Å². The standard InChI is InChI=1S/C10H21NOS/c1-9(13-2)3-6-11-10-4-7-12-8-5-10/h9-11H,3-8H2,1-2H3. The maximum Gasteiger partial charge on any atom is 0.0480 e. The number of hydrogen-bond acceptors (Lipinski definition) is 3. The Hall–Kier alpha value is 0.270. The Bertz CT molecular complexity index is 126. The summed E-state index contributed by atoms with van der Waals surface area (Å²) >= 11 is 1.95. The summed E-state index contributed by atoms with van der Waals surface area (Å²) in [5, 5.41) is 4.38. The molecule has 0 saturated carbocycles. The van der Waals surface area contributed by atoms with Crippen molar-refractivity contribution in [2.45, 2.75) is 37.5 Å². The van der Waals surface area contributed by atoms with E-state index in [0.717, 1.165) is 25.0 Å². The van der Waals surface area contributed by atoms with E-state index >= 15 is 0 Å². The summed E-state index contributed by atoms with van der Waals surface area (Å²) in [5.41, 5.74) is 0. The molecule has 1 N–H and O–H groups in total. The normalized spacial score (nSPS) is 21.7. The SMILES string of the molecule is CSC(C)CCNC1CCOCC1. The van der Waals surface area contributed by atoms with Crippen molar-refractivity contribution in [3.05, 3.63) is 0 Å². The van der Waals surface area contributed by atoms with Crippen LogP contribution in [0.5, 0.6) is 0 Å². The predicted octanol–water partition coefficient (Wildman–Crippen LogP) is 1.90. The van der Waals surface area contributed by atoms with Crippen LogP contribution in [-0.4, -0.2) is 37.3 Å². The van der Waals surface area contributed by atoms with E-state index in [0.29, 0.717) is 6.04 Å². The summed E-state index contributed by atoms with van der Waals surface area (Å²) in [7, 11) is 0. The quantitative estimate of drug-likeness (QED) is 0.737. The first-order chi connectivity index (χ1) is 6.33. The minimum Gasteiger partial charge on any atom is -0.381 e. The first-order valence-corrected chi connectivity index (χ1v) is 6.45. The molecule has 0 aromatic heterocycles. The Morgan fingerprint density at radius 2 is 2.15 bits per heavy atom. The zero-order valence-corrected chi connectivity index (χ0v) is 9.53. The fourth-order valence-electron chi connectivity index (χ4n) is 1.51. The Morgan fingerprint density at radius 3 is 2.77 bits per heavy atom. The largest absolute Gasteiger partial charge is 0.381 e. The van der Waals surface area contributed by atoms with Crippen LogP contribution < -0.4 is 5.32 Å². The van der Waals surface area contributed by atoms with Crippen LogP contribution in [-0.2, 0) is 4.74 Å². The lowest BCUT2D eigenvalue weighted by molar-refractivity contribution is 0.0780. The lowest BCUT2D eigenvalue weighted by Crippen LogP contribution is -2.35. The molecule has 0 aromatic rings. The van der Waals surface area contributed by atoms with E-state index in [1.807, 2.05) is 11.8 Å². The van der Waals surface area contributed by atoms with Gasteiger partial charge in [0.15, 0.2) is 0 Å². The lowest BCUT2D eigenvalue weighted by Gasteiger charge is -2.23. The molecule has 1 atom stereocenters. The molecule has 1 unspecified atom stereocenters. The van der Waals surface area contributed by atoms with Crippen LogP contribution in [0.3, 0.4) is 0 Å². The molecule has 78 valence electrons. The molecule has 2 nitrogen and oxygen atoms in total. The number of rotatable bonds is 5. The summed E-state index contributed by atoms with van der Waals surface area (Å²) < 4.78 is 5.30. The van der Waals surface area contributed by atoms with Crippen molar-refractivity contribution in [1.29, 1.82) is 0 Å². The molecule has 1 heterocycles. The van der Waals surface area contributed by atoms with Gasteiger partial charge in [-0.05, 0) is 32.1 Å². The molecule has 0 amide bonds. The molecule has 0 spiro atoms. The van der Waals surface area contributed by atoms with E-state index in [2.05, 4.69) is 18.5 Å². The topological polar surface area (TPSA) is 21.3 Å². The Labute approximate surface area is 85.8 Å². The minimum absolute atomic E-state index is 0.711. The van der Waals surface area contributed by atoms with Crippen molar-refractivity contribution in [1.82, 2.24) is 5.32 Å². The van der Waals surface area contributed by atoms with Crippen LogP contribution in [0.15, 0.2) is 0 Å². The Kier molecular flexibility index (Phi) is 5.83. The molecule has 1 fully saturated rings. The van der Waals surface area contributed by atoms with E-state index in [1.165, 1.54) is 19.3 Å². The van der Waals surface area contributed by atoms with E-state index in [1.54, 1.807) is 0 Å². The zero-order valence-electron chi connectivity index (χ0n) is 8.71. The van der Waals surface area contributed by atoms with Crippen molar-refractivity contribution in [3.8, 4) is 0 Å². The number of hydrogen-bond donors (Lipinski definition) is 1. The third-order valence-electron chi connectivity index (χ3n) is 2.61. The van der Waals surface area contributed by atoms with Gasteiger partial charge in [0.25, 0.3) is 0 Å². The maximum atomic E-state index is 5.30. The number of thioether (sulfide) groups is 1. The van der Waals surface area contributed by atoms with Crippen LogP contribution in [0, 0.1) is 0 Å². The van der Waals surface area contributed by atoms with Crippen molar-refractivity contribution < 1.29 is 4.74 Å². The van der Waals surface area contributed by atoms with Crippen LogP contribution in [0.1, 0.15) is 26.2 Å². The molecule has 0 bridgehead atoms. The lowest BCUT2D eigenvalue weighted by atomic mass is 10.1.